The highest BCUT2D eigenvalue weighted by Gasteiger charge is 2.08. The second-order valence-electron chi connectivity index (χ2n) is 2.60. The van der Waals surface area contributed by atoms with Gasteiger partial charge in [-0.25, -0.2) is 4.79 Å². The van der Waals surface area contributed by atoms with Crippen LogP contribution in [0.5, 0.6) is 0 Å². The Morgan fingerprint density at radius 3 is 3.08 bits per heavy atom. The van der Waals surface area contributed by atoms with E-state index in [-0.39, 0.29) is 6.03 Å². The summed E-state index contributed by atoms with van der Waals surface area (Å²) in [5, 5.41) is 10.5. The largest absolute Gasteiger partial charge is 0.328 e. The number of hydrogen-bond acceptors (Lipinski definition) is 4. The molecule has 0 aliphatic rings. The van der Waals surface area contributed by atoms with Gasteiger partial charge in [0, 0.05) is 13.6 Å². The summed E-state index contributed by atoms with van der Waals surface area (Å²) >= 11 is 1.31. The zero-order valence-corrected chi connectivity index (χ0v) is 8.47. The average Bonchev–Trinajstić information content (AvgIpc) is 2.57. The Labute approximate surface area is 80.8 Å². The number of carbonyl (C=O) groups excluding carboxylic acids is 1. The van der Waals surface area contributed by atoms with E-state index in [1.165, 1.54) is 11.3 Å². The molecule has 0 saturated heterocycles. The Morgan fingerprint density at radius 2 is 2.54 bits per heavy atom. The Kier molecular flexibility index (Phi) is 3.63. The Balaban J connectivity index is 2.41. The van der Waals surface area contributed by atoms with Crippen LogP contribution < -0.4 is 5.32 Å². The molecule has 1 rings (SSSR count). The molecule has 1 aromatic rings. The average molecular weight is 200 g/mol. The normalized spacial score (nSPS) is 9.69. The number of nitrogens with zero attached hydrogens (tertiary/aromatic N) is 3. The first-order chi connectivity index (χ1) is 6.24. The van der Waals surface area contributed by atoms with Crippen LogP contribution in [0, 0.1) is 0 Å². The zero-order valence-electron chi connectivity index (χ0n) is 7.65. The Hall–Kier alpha value is -1.17. The van der Waals surface area contributed by atoms with Crippen molar-refractivity contribution >= 4 is 22.5 Å². The number of nitrogens with one attached hydrogen (secondary N) is 1. The maximum atomic E-state index is 11.4. The van der Waals surface area contributed by atoms with Gasteiger partial charge in [0.1, 0.15) is 5.51 Å². The quantitative estimate of drug-likeness (QED) is 0.802. The van der Waals surface area contributed by atoms with Crippen LogP contribution in [0.2, 0.25) is 0 Å². The number of hydrogen-bond donors (Lipinski definition) is 1. The van der Waals surface area contributed by atoms with Crippen molar-refractivity contribution in [1.82, 2.24) is 15.1 Å². The van der Waals surface area contributed by atoms with Gasteiger partial charge in [-0.05, 0) is 6.42 Å². The van der Waals surface area contributed by atoms with E-state index in [1.807, 2.05) is 6.92 Å². The number of anilines is 1. The highest BCUT2D eigenvalue weighted by atomic mass is 32.1. The number of aromatic nitrogens is 2. The molecule has 0 saturated carbocycles. The summed E-state index contributed by atoms with van der Waals surface area (Å²) in [6.45, 7) is 2.76. The van der Waals surface area contributed by atoms with Crippen LogP contribution in [0.3, 0.4) is 0 Å². The van der Waals surface area contributed by atoms with Crippen LogP contribution in [0.1, 0.15) is 13.3 Å². The van der Waals surface area contributed by atoms with Crippen LogP contribution in [-0.2, 0) is 0 Å². The molecule has 72 valence electrons. The summed E-state index contributed by atoms with van der Waals surface area (Å²) in [6.07, 6.45) is 0.944. The van der Waals surface area contributed by atoms with Crippen molar-refractivity contribution in [2.75, 3.05) is 18.9 Å². The first kappa shape index (κ1) is 9.91. The fraction of sp³-hybridized carbons (Fsp3) is 0.571. The van der Waals surface area contributed by atoms with Gasteiger partial charge in [0.2, 0.25) is 5.13 Å². The van der Waals surface area contributed by atoms with Gasteiger partial charge >= 0.3 is 6.03 Å². The molecule has 0 spiro atoms. The summed E-state index contributed by atoms with van der Waals surface area (Å²) < 4.78 is 0. The van der Waals surface area contributed by atoms with Crippen LogP contribution in [0.25, 0.3) is 0 Å². The van der Waals surface area contributed by atoms with E-state index >= 15 is 0 Å². The molecule has 5 nitrogen and oxygen atoms in total. The Bertz CT molecular complexity index is 261. The lowest BCUT2D eigenvalue weighted by molar-refractivity contribution is 0.222. The topological polar surface area (TPSA) is 58.1 Å². The summed E-state index contributed by atoms with van der Waals surface area (Å²) in [7, 11) is 1.75. The van der Waals surface area contributed by atoms with Crippen LogP contribution in [0.4, 0.5) is 9.93 Å². The lowest BCUT2D eigenvalue weighted by Gasteiger charge is -2.15. The van der Waals surface area contributed by atoms with Gasteiger partial charge in [-0.3, -0.25) is 5.32 Å². The smallest absolute Gasteiger partial charge is 0.323 e. The number of amides is 2. The standard InChI is InChI=1S/C7H12N4OS/c1-3-4-11(2)7(12)9-6-10-8-5-13-6/h5H,3-4H2,1-2H3,(H,9,10,12). The molecule has 0 bridgehead atoms. The molecule has 0 aliphatic heterocycles. The molecule has 13 heavy (non-hydrogen) atoms. The van der Waals surface area contributed by atoms with Crippen molar-refractivity contribution in [1.29, 1.82) is 0 Å². The van der Waals surface area contributed by atoms with Crippen molar-refractivity contribution < 1.29 is 4.79 Å². The molecule has 0 aromatic carbocycles. The zero-order chi connectivity index (χ0) is 9.68. The van der Waals surface area contributed by atoms with Crippen LogP contribution >= 0.6 is 11.3 Å². The van der Waals surface area contributed by atoms with E-state index in [1.54, 1.807) is 17.5 Å². The molecule has 0 atom stereocenters. The van der Waals surface area contributed by atoms with Gasteiger partial charge in [0.05, 0.1) is 0 Å². The number of carbonyl (C=O) groups is 1. The summed E-state index contributed by atoms with van der Waals surface area (Å²) in [6, 6.07) is -0.140. The molecule has 1 aromatic heterocycles. The molecule has 6 heteroatoms. The predicted octanol–water partition coefficient (Wildman–Crippen LogP) is 1.41. The summed E-state index contributed by atoms with van der Waals surface area (Å²) in [4.78, 5) is 13.0. The minimum absolute atomic E-state index is 0.140. The minimum atomic E-state index is -0.140. The van der Waals surface area contributed by atoms with Crippen molar-refractivity contribution in [2.45, 2.75) is 13.3 Å². The van der Waals surface area contributed by atoms with E-state index in [2.05, 4.69) is 15.5 Å². The van der Waals surface area contributed by atoms with E-state index in [4.69, 9.17) is 0 Å². The van der Waals surface area contributed by atoms with E-state index in [9.17, 15) is 4.79 Å². The molecule has 1 heterocycles. The fourth-order valence-corrected chi connectivity index (χ4v) is 1.29. The monoisotopic (exact) mass is 200 g/mol. The third-order valence-corrected chi connectivity index (χ3v) is 2.09. The van der Waals surface area contributed by atoms with Crippen molar-refractivity contribution in [3.8, 4) is 0 Å². The molecule has 0 fully saturated rings. The molecule has 0 radical (unpaired) electrons. The molecule has 0 aliphatic carbocycles. The van der Waals surface area contributed by atoms with E-state index < -0.39 is 0 Å². The molecular formula is C7H12N4OS. The fourth-order valence-electron chi connectivity index (χ4n) is 0.851. The first-order valence-corrected chi connectivity index (χ1v) is 4.90. The van der Waals surface area contributed by atoms with Gasteiger partial charge in [0.15, 0.2) is 0 Å². The SMILES string of the molecule is CCCN(C)C(=O)Nc1nncs1. The van der Waals surface area contributed by atoms with Crippen LogP contribution in [-0.4, -0.2) is 34.7 Å². The maximum Gasteiger partial charge on any atom is 0.323 e. The van der Waals surface area contributed by atoms with Gasteiger partial charge in [-0.1, -0.05) is 18.3 Å². The highest BCUT2D eigenvalue weighted by Crippen LogP contribution is 2.08. The lowest BCUT2D eigenvalue weighted by atomic mass is 10.4. The second-order valence-corrected chi connectivity index (χ2v) is 3.43. The van der Waals surface area contributed by atoms with Crippen LogP contribution in [0.15, 0.2) is 5.51 Å². The molecule has 2 amide bonds. The second kappa shape index (κ2) is 4.76. The van der Waals surface area contributed by atoms with Gasteiger partial charge in [0.25, 0.3) is 0 Å². The van der Waals surface area contributed by atoms with Crippen molar-refractivity contribution in [3.05, 3.63) is 5.51 Å². The third kappa shape index (κ3) is 2.98. The molecule has 1 N–H and O–H groups in total. The van der Waals surface area contributed by atoms with Gasteiger partial charge < -0.3 is 4.90 Å². The predicted molar refractivity (Wildman–Crippen MR) is 51.8 cm³/mol. The number of urea groups is 1. The third-order valence-electron chi connectivity index (χ3n) is 1.48. The lowest BCUT2D eigenvalue weighted by Crippen LogP contribution is -2.31. The molecular weight excluding hydrogens is 188 g/mol. The van der Waals surface area contributed by atoms with E-state index in [0.29, 0.717) is 5.13 Å². The van der Waals surface area contributed by atoms with Crippen molar-refractivity contribution in [2.24, 2.45) is 0 Å². The minimum Gasteiger partial charge on any atom is -0.328 e. The Morgan fingerprint density at radius 1 is 1.77 bits per heavy atom. The summed E-state index contributed by atoms with van der Waals surface area (Å²) in [5.74, 6) is 0. The first-order valence-electron chi connectivity index (χ1n) is 4.02. The highest BCUT2D eigenvalue weighted by molar-refractivity contribution is 7.13. The van der Waals surface area contributed by atoms with Gasteiger partial charge in [-0.15, -0.1) is 10.2 Å². The number of rotatable bonds is 3. The van der Waals surface area contributed by atoms with Crippen molar-refractivity contribution in [3.63, 3.8) is 0 Å². The van der Waals surface area contributed by atoms with Gasteiger partial charge in [-0.2, -0.15) is 0 Å². The molecule has 0 unspecified atom stereocenters. The maximum absolute atomic E-state index is 11.4. The van der Waals surface area contributed by atoms with E-state index in [0.717, 1.165) is 13.0 Å². The summed E-state index contributed by atoms with van der Waals surface area (Å²) in [5.41, 5.74) is 1.58.